The first-order valence-corrected chi connectivity index (χ1v) is 9.83. The Morgan fingerprint density at radius 1 is 0.750 bits per heavy atom. The number of benzene rings is 2. The third-order valence-corrected chi connectivity index (χ3v) is 5.52. The van der Waals surface area contributed by atoms with Crippen LogP contribution in [-0.4, -0.2) is 38.9 Å². The van der Waals surface area contributed by atoms with Crippen molar-refractivity contribution in [2.45, 2.75) is 14.7 Å². The van der Waals surface area contributed by atoms with E-state index in [0.29, 0.717) is 12.1 Å². The van der Waals surface area contributed by atoms with Crippen LogP contribution in [0, 0.1) is 0 Å². The van der Waals surface area contributed by atoms with Crippen molar-refractivity contribution in [3.05, 3.63) is 24.3 Å². The van der Waals surface area contributed by atoms with Crippen molar-refractivity contribution >= 4 is 46.8 Å². The van der Waals surface area contributed by atoms with Crippen molar-refractivity contribution < 1.29 is 68.5 Å². The van der Waals surface area contributed by atoms with Crippen LogP contribution >= 0.6 is 0 Å². The number of anilines is 1. The zero-order valence-electron chi connectivity index (χ0n) is 11.9. The summed E-state index contributed by atoms with van der Waals surface area (Å²) < 4.78 is 95.6. The number of hydrogen-bond donors (Lipinski definition) is 4. The zero-order valence-corrected chi connectivity index (χ0v) is 16.4. The van der Waals surface area contributed by atoms with E-state index in [1.165, 1.54) is 0 Å². The summed E-state index contributed by atoms with van der Waals surface area (Å²) in [6.45, 7) is 0. The quantitative estimate of drug-likeness (QED) is 0.235. The molecule has 2 aromatic carbocycles. The second kappa shape index (κ2) is 6.51. The fourth-order valence-corrected chi connectivity index (χ4v) is 4.05. The summed E-state index contributed by atoms with van der Waals surface area (Å²) in [5, 5.41) is -1.12. The predicted molar refractivity (Wildman–Crippen MR) is 77.8 cm³/mol. The Morgan fingerprint density at radius 2 is 1.25 bits per heavy atom. The molecule has 24 heavy (non-hydrogen) atoms. The van der Waals surface area contributed by atoms with Crippen molar-refractivity contribution in [2.24, 2.45) is 0 Å². The Bertz CT molecular complexity index is 1140. The predicted octanol–water partition coefficient (Wildman–Crippen LogP) is -2.83. The summed E-state index contributed by atoms with van der Waals surface area (Å²) in [6, 6.07) is 2.79. The van der Waals surface area contributed by atoms with Gasteiger partial charge in [0, 0.05) is 16.5 Å². The number of fused-ring (bicyclic) bond motifs is 1. The fourth-order valence-electron chi connectivity index (χ4n) is 2.00. The topological polar surface area (TPSA) is 189 Å². The summed E-state index contributed by atoms with van der Waals surface area (Å²) in [5.41, 5.74) is 5.26. The van der Waals surface area contributed by atoms with Crippen LogP contribution in [0.3, 0.4) is 0 Å². The molecule has 0 bridgehead atoms. The minimum atomic E-state index is -5.03. The zero-order chi connectivity index (χ0) is 17.8. The van der Waals surface area contributed by atoms with Gasteiger partial charge in [0.25, 0.3) is 30.4 Å². The molecule has 0 saturated heterocycles. The maximum Gasteiger partial charge on any atom is 1.00 e. The molecule has 0 fully saturated rings. The average Bonchev–Trinajstić information content (AvgIpc) is 2.34. The molecule has 0 aliphatic carbocycles. The van der Waals surface area contributed by atoms with Gasteiger partial charge in [-0.05, 0) is 24.3 Å². The minimum Gasteiger partial charge on any atom is -0.398 e. The van der Waals surface area contributed by atoms with Gasteiger partial charge in [0.15, 0.2) is 0 Å². The van der Waals surface area contributed by atoms with Crippen molar-refractivity contribution in [2.75, 3.05) is 5.73 Å². The Kier molecular flexibility index (Phi) is 5.77. The van der Waals surface area contributed by atoms with Gasteiger partial charge in [-0.15, -0.1) is 0 Å². The van der Waals surface area contributed by atoms with Gasteiger partial charge in [-0.2, -0.15) is 25.3 Å². The Morgan fingerprint density at radius 3 is 1.67 bits per heavy atom. The Labute approximate surface area is 159 Å². The standard InChI is InChI=1S/C10H9NO9S3.Na/c11-7-1-2-8(22(15,16)17)6-3-5(21(12,13)14)4-9(10(6)7)23(18,19)20;/h1-4H,11H2,(H,12,13,14)(H,15,16,17)(H,18,19,20);/q;+1. The summed E-state index contributed by atoms with van der Waals surface area (Å²) in [5.74, 6) is 0. The third kappa shape index (κ3) is 4.07. The molecule has 0 unspecified atom stereocenters. The number of nitrogen functional groups attached to an aromatic ring is 1. The van der Waals surface area contributed by atoms with E-state index >= 15 is 0 Å². The van der Waals surface area contributed by atoms with Crippen LogP contribution in [0.5, 0.6) is 0 Å². The van der Waals surface area contributed by atoms with Crippen LogP contribution < -0.4 is 35.3 Å². The summed E-state index contributed by atoms with van der Waals surface area (Å²) >= 11 is 0. The van der Waals surface area contributed by atoms with E-state index < -0.39 is 55.8 Å². The van der Waals surface area contributed by atoms with E-state index in [1.807, 2.05) is 0 Å². The molecule has 5 N–H and O–H groups in total. The number of nitrogens with two attached hydrogens (primary N) is 1. The SMILES string of the molecule is Nc1ccc(S(=O)(=O)O)c2cc(S(=O)(=O)O)cc(S(=O)(=O)O)c12.[Na+]. The molecule has 0 saturated carbocycles. The molecule has 0 aliphatic rings. The molecule has 14 heteroatoms. The van der Waals surface area contributed by atoms with E-state index in [9.17, 15) is 34.4 Å². The number of hydrogen-bond acceptors (Lipinski definition) is 7. The van der Waals surface area contributed by atoms with Crippen LogP contribution in [0.25, 0.3) is 10.8 Å². The normalized spacial score (nSPS) is 12.8. The first-order chi connectivity index (χ1) is 10.2. The van der Waals surface area contributed by atoms with Crippen molar-refractivity contribution in [3.63, 3.8) is 0 Å². The molecule has 0 amide bonds. The summed E-state index contributed by atoms with van der Waals surface area (Å²) in [7, 11) is -14.9. The molecule has 2 aromatic rings. The largest absolute Gasteiger partial charge is 1.00 e. The third-order valence-electron chi connectivity index (χ3n) is 2.90. The van der Waals surface area contributed by atoms with Crippen LogP contribution in [0.1, 0.15) is 0 Å². The monoisotopic (exact) mass is 406 g/mol. The molecule has 0 radical (unpaired) electrons. The summed E-state index contributed by atoms with van der Waals surface area (Å²) in [6.07, 6.45) is 0. The first-order valence-electron chi connectivity index (χ1n) is 5.51. The van der Waals surface area contributed by atoms with E-state index in [-0.39, 0.29) is 35.2 Å². The van der Waals surface area contributed by atoms with Gasteiger partial charge in [-0.1, -0.05) is 0 Å². The Balaban J connectivity index is 0.00000288. The molecule has 0 spiro atoms. The van der Waals surface area contributed by atoms with E-state index in [1.54, 1.807) is 0 Å². The first kappa shape index (κ1) is 21.3. The molecule has 0 aromatic heterocycles. The molecular formula is C10H9NNaO9S3+. The van der Waals surface area contributed by atoms with Gasteiger partial charge in [-0.3, -0.25) is 13.7 Å². The second-order valence-electron chi connectivity index (χ2n) is 4.42. The van der Waals surface area contributed by atoms with Crippen molar-refractivity contribution in [1.29, 1.82) is 0 Å². The second-order valence-corrected chi connectivity index (χ2v) is 8.62. The van der Waals surface area contributed by atoms with Gasteiger partial charge in [0.1, 0.15) is 9.79 Å². The molecule has 10 nitrogen and oxygen atoms in total. The molecule has 0 aliphatic heterocycles. The average molecular weight is 406 g/mol. The van der Waals surface area contributed by atoms with Gasteiger partial charge in [0.05, 0.1) is 4.90 Å². The van der Waals surface area contributed by atoms with Crippen molar-refractivity contribution in [1.82, 2.24) is 0 Å². The van der Waals surface area contributed by atoms with Crippen molar-refractivity contribution in [3.8, 4) is 0 Å². The van der Waals surface area contributed by atoms with Crippen LogP contribution in [-0.2, 0) is 30.4 Å². The van der Waals surface area contributed by atoms with Gasteiger partial charge < -0.3 is 5.73 Å². The Hall–Kier alpha value is -0.770. The van der Waals surface area contributed by atoms with E-state index in [2.05, 4.69) is 0 Å². The minimum absolute atomic E-state index is 0. The van der Waals surface area contributed by atoms with Gasteiger partial charge in [-0.25, -0.2) is 0 Å². The van der Waals surface area contributed by atoms with Gasteiger partial charge >= 0.3 is 29.6 Å². The maximum absolute atomic E-state index is 11.5. The maximum atomic E-state index is 11.5. The van der Waals surface area contributed by atoms with Crippen LogP contribution in [0.15, 0.2) is 39.0 Å². The van der Waals surface area contributed by atoms with Crippen LogP contribution in [0.4, 0.5) is 5.69 Å². The van der Waals surface area contributed by atoms with Gasteiger partial charge in [0.2, 0.25) is 0 Å². The van der Waals surface area contributed by atoms with E-state index in [4.69, 9.17) is 10.3 Å². The molecule has 0 atom stereocenters. The molecule has 126 valence electrons. The summed E-state index contributed by atoms with van der Waals surface area (Å²) in [4.78, 5) is -2.89. The molecule has 0 heterocycles. The van der Waals surface area contributed by atoms with E-state index in [0.717, 1.165) is 12.1 Å². The fraction of sp³-hybridized carbons (Fsp3) is 0. The molecular weight excluding hydrogens is 397 g/mol. The smallest absolute Gasteiger partial charge is 0.398 e. The number of rotatable bonds is 3. The van der Waals surface area contributed by atoms with Crippen LogP contribution in [0.2, 0.25) is 0 Å². The molecule has 2 rings (SSSR count).